The lowest BCUT2D eigenvalue weighted by molar-refractivity contribution is 0.301. The molecule has 18 heavy (non-hydrogen) atoms. The van der Waals surface area contributed by atoms with Gasteiger partial charge in [-0.05, 0) is 44.2 Å². The highest BCUT2D eigenvalue weighted by Gasteiger charge is 2.25. The van der Waals surface area contributed by atoms with Crippen LogP contribution < -0.4 is 5.73 Å². The van der Waals surface area contributed by atoms with Gasteiger partial charge in [-0.2, -0.15) is 4.98 Å². The monoisotopic (exact) mass is 247 g/mol. The Morgan fingerprint density at radius 1 is 1.28 bits per heavy atom. The lowest BCUT2D eigenvalue weighted by Gasteiger charge is -2.22. The van der Waals surface area contributed by atoms with Crippen LogP contribution in [0.3, 0.4) is 0 Å². The third-order valence-electron chi connectivity index (χ3n) is 3.63. The molecular formula is C13H17N3O2. The first-order valence-electron chi connectivity index (χ1n) is 6.37. The number of hydrogen-bond acceptors (Lipinski definition) is 5. The van der Waals surface area contributed by atoms with E-state index in [1.54, 1.807) is 6.26 Å². The maximum atomic E-state index is 5.90. The minimum absolute atomic E-state index is 0.330. The standard InChI is InChI=1S/C13H17N3O2/c1-8-6-7-17-11(8)12-15-13(18-16-12)9-2-4-10(14)5-3-9/h6-7,9-10H,2-5,14H2,1H3. The van der Waals surface area contributed by atoms with Gasteiger partial charge < -0.3 is 14.7 Å². The number of aryl methyl sites for hydroxylation is 1. The molecule has 1 saturated carbocycles. The van der Waals surface area contributed by atoms with Crippen molar-refractivity contribution < 1.29 is 8.94 Å². The molecule has 2 aromatic heterocycles. The highest BCUT2D eigenvalue weighted by Crippen LogP contribution is 2.32. The van der Waals surface area contributed by atoms with Gasteiger partial charge in [-0.15, -0.1) is 0 Å². The number of hydrogen-bond donors (Lipinski definition) is 1. The second kappa shape index (κ2) is 4.57. The van der Waals surface area contributed by atoms with E-state index in [0.717, 1.165) is 31.2 Å². The van der Waals surface area contributed by atoms with E-state index in [-0.39, 0.29) is 0 Å². The summed E-state index contributed by atoms with van der Waals surface area (Å²) in [6, 6.07) is 2.22. The molecule has 2 N–H and O–H groups in total. The number of rotatable bonds is 2. The Hall–Kier alpha value is -1.62. The summed E-state index contributed by atoms with van der Waals surface area (Å²) in [4.78, 5) is 4.45. The molecule has 5 nitrogen and oxygen atoms in total. The number of aromatic nitrogens is 2. The number of nitrogens with two attached hydrogens (primary N) is 1. The van der Waals surface area contributed by atoms with Crippen molar-refractivity contribution in [3.05, 3.63) is 23.8 Å². The lowest BCUT2D eigenvalue weighted by atomic mass is 9.86. The van der Waals surface area contributed by atoms with Gasteiger partial charge in [0.2, 0.25) is 11.7 Å². The molecule has 0 aromatic carbocycles. The Morgan fingerprint density at radius 2 is 2.06 bits per heavy atom. The molecular weight excluding hydrogens is 230 g/mol. The third kappa shape index (κ3) is 2.06. The molecule has 0 spiro atoms. The van der Waals surface area contributed by atoms with Crippen LogP contribution in [0.2, 0.25) is 0 Å². The van der Waals surface area contributed by atoms with Gasteiger partial charge in [0, 0.05) is 12.0 Å². The first-order valence-corrected chi connectivity index (χ1v) is 6.37. The molecule has 2 aromatic rings. The molecule has 0 bridgehead atoms. The number of nitrogens with zero attached hydrogens (tertiary/aromatic N) is 2. The van der Waals surface area contributed by atoms with Crippen LogP contribution in [-0.2, 0) is 0 Å². The molecule has 0 unspecified atom stereocenters. The largest absolute Gasteiger partial charge is 0.461 e. The molecule has 3 rings (SSSR count). The molecule has 1 aliphatic carbocycles. The van der Waals surface area contributed by atoms with Crippen LogP contribution in [0.15, 0.2) is 21.3 Å². The summed E-state index contributed by atoms with van der Waals surface area (Å²) in [5.74, 6) is 2.30. The van der Waals surface area contributed by atoms with Crippen molar-refractivity contribution >= 4 is 0 Å². The molecule has 0 amide bonds. The SMILES string of the molecule is Cc1ccoc1-c1noc(C2CCC(N)CC2)n1. The van der Waals surface area contributed by atoms with E-state index in [2.05, 4.69) is 10.1 Å². The van der Waals surface area contributed by atoms with Crippen molar-refractivity contribution in [2.75, 3.05) is 0 Å². The lowest BCUT2D eigenvalue weighted by Crippen LogP contribution is -2.25. The van der Waals surface area contributed by atoms with Crippen LogP contribution >= 0.6 is 0 Å². The first kappa shape index (κ1) is 11.5. The molecule has 2 heterocycles. The van der Waals surface area contributed by atoms with E-state index in [1.807, 2.05) is 13.0 Å². The maximum Gasteiger partial charge on any atom is 0.238 e. The highest BCUT2D eigenvalue weighted by atomic mass is 16.5. The molecule has 1 fully saturated rings. The fourth-order valence-electron chi connectivity index (χ4n) is 2.46. The van der Waals surface area contributed by atoms with Gasteiger partial charge in [-0.25, -0.2) is 0 Å². The molecule has 0 atom stereocenters. The smallest absolute Gasteiger partial charge is 0.238 e. The van der Waals surface area contributed by atoms with E-state index < -0.39 is 0 Å². The van der Waals surface area contributed by atoms with Crippen molar-refractivity contribution in [1.82, 2.24) is 10.1 Å². The second-order valence-corrected chi connectivity index (χ2v) is 5.00. The Kier molecular flexibility index (Phi) is 2.91. The number of furan rings is 1. The summed E-state index contributed by atoms with van der Waals surface area (Å²) in [7, 11) is 0. The maximum absolute atomic E-state index is 5.90. The summed E-state index contributed by atoms with van der Waals surface area (Å²) < 4.78 is 10.7. The molecule has 0 aliphatic heterocycles. The van der Waals surface area contributed by atoms with Gasteiger partial charge in [-0.3, -0.25) is 0 Å². The minimum atomic E-state index is 0.330. The molecule has 1 aliphatic rings. The van der Waals surface area contributed by atoms with Crippen LogP contribution in [0.1, 0.15) is 43.1 Å². The second-order valence-electron chi connectivity index (χ2n) is 5.00. The van der Waals surface area contributed by atoms with Gasteiger partial charge >= 0.3 is 0 Å². The van der Waals surface area contributed by atoms with Crippen molar-refractivity contribution in [2.24, 2.45) is 5.73 Å². The Labute approximate surface area is 105 Å². The molecule has 0 saturated heterocycles. The van der Waals surface area contributed by atoms with Crippen LogP contribution in [0.5, 0.6) is 0 Å². The van der Waals surface area contributed by atoms with Crippen LogP contribution in [-0.4, -0.2) is 16.2 Å². The summed E-state index contributed by atoms with van der Waals surface area (Å²) in [6.45, 7) is 1.97. The summed E-state index contributed by atoms with van der Waals surface area (Å²) in [5.41, 5.74) is 6.92. The fraction of sp³-hybridized carbons (Fsp3) is 0.538. The van der Waals surface area contributed by atoms with Gasteiger partial charge in [-0.1, -0.05) is 5.16 Å². The zero-order valence-electron chi connectivity index (χ0n) is 10.4. The fourth-order valence-corrected chi connectivity index (χ4v) is 2.46. The van der Waals surface area contributed by atoms with Crippen molar-refractivity contribution in [3.63, 3.8) is 0 Å². The Bertz CT molecular complexity index is 524. The van der Waals surface area contributed by atoms with Gasteiger partial charge in [0.15, 0.2) is 5.76 Å². The molecule has 5 heteroatoms. The third-order valence-corrected chi connectivity index (χ3v) is 3.63. The topological polar surface area (TPSA) is 78.1 Å². The van der Waals surface area contributed by atoms with E-state index >= 15 is 0 Å². The normalized spacial score (nSPS) is 24.3. The van der Waals surface area contributed by atoms with E-state index in [4.69, 9.17) is 14.7 Å². The predicted molar refractivity (Wildman–Crippen MR) is 65.9 cm³/mol. The average molecular weight is 247 g/mol. The van der Waals surface area contributed by atoms with E-state index in [9.17, 15) is 0 Å². The first-order chi connectivity index (χ1) is 8.74. The van der Waals surface area contributed by atoms with Crippen LogP contribution in [0, 0.1) is 6.92 Å². The van der Waals surface area contributed by atoms with Gasteiger partial charge in [0.25, 0.3) is 0 Å². The summed E-state index contributed by atoms with van der Waals surface area (Å²) in [6.07, 6.45) is 5.75. The summed E-state index contributed by atoms with van der Waals surface area (Å²) >= 11 is 0. The van der Waals surface area contributed by atoms with Crippen molar-refractivity contribution in [2.45, 2.75) is 44.6 Å². The van der Waals surface area contributed by atoms with Crippen molar-refractivity contribution in [1.29, 1.82) is 0 Å². The van der Waals surface area contributed by atoms with Gasteiger partial charge in [0.1, 0.15) is 0 Å². The highest BCUT2D eigenvalue weighted by molar-refractivity contribution is 5.51. The zero-order chi connectivity index (χ0) is 12.5. The average Bonchev–Trinajstić information content (AvgIpc) is 2.98. The van der Waals surface area contributed by atoms with Crippen molar-refractivity contribution in [3.8, 4) is 11.6 Å². The van der Waals surface area contributed by atoms with Gasteiger partial charge in [0.05, 0.1) is 6.26 Å². The Balaban J connectivity index is 1.80. The predicted octanol–water partition coefficient (Wildman–Crippen LogP) is 2.62. The molecule has 96 valence electrons. The van der Waals surface area contributed by atoms with Crippen LogP contribution in [0.25, 0.3) is 11.6 Å². The minimum Gasteiger partial charge on any atom is -0.461 e. The zero-order valence-corrected chi connectivity index (χ0v) is 10.4. The quantitative estimate of drug-likeness (QED) is 0.882. The summed E-state index contributed by atoms with van der Waals surface area (Å²) in [5, 5.41) is 4.00. The Morgan fingerprint density at radius 3 is 2.72 bits per heavy atom. The van der Waals surface area contributed by atoms with E-state index in [1.165, 1.54) is 0 Å². The van der Waals surface area contributed by atoms with Crippen LogP contribution in [0.4, 0.5) is 0 Å². The van der Waals surface area contributed by atoms with E-state index in [0.29, 0.717) is 29.4 Å². The molecule has 0 radical (unpaired) electrons.